The number of ether oxygens (including phenoxy) is 1. The van der Waals surface area contributed by atoms with Gasteiger partial charge in [0.15, 0.2) is 6.61 Å². The Morgan fingerprint density at radius 1 is 0.949 bits per heavy atom. The maximum absolute atomic E-state index is 12.7. The molecule has 0 saturated heterocycles. The van der Waals surface area contributed by atoms with Gasteiger partial charge in [-0.05, 0) is 37.0 Å². The van der Waals surface area contributed by atoms with Crippen molar-refractivity contribution in [3.8, 4) is 6.01 Å². The monoisotopic (exact) mass is 551 g/mol. The Hall–Kier alpha value is -3.64. The molecule has 10 nitrogen and oxygen atoms in total. The van der Waals surface area contributed by atoms with Crippen LogP contribution in [0, 0.1) is 0 Å². The molecule has 4 bridgehead atoms. The molecular formula is C26H36F3N7O3. The number of amides is 3. The number of hydrogen-bond donors (Lipinski definition) is 3. The maximum atomic E-state index is 12.7. The summed E-state index contributed by atoms with van der Waals surface area (Å²) in [7, 11) is 1.61. The van der Waals surface area contributed by atoms with Gasteiger partial charge in [0.2, 0.25) is 5.95 Å². The summed E-state index contributed by atoms with van der Waals surface area (Å²) < 4.78 is 42.8. The summed E-state index contributed by atoms with van der Waals surface area (Å²) in [5.74, 6) is 0.169. The standard InChI is InChI=1S/C26H36F3N7O3/c1-30-25(38)36-15-7-5-3-2-4-6-13-32-23-33-21(34-24(35-23)39-18-26(27,28)29)17-19-9-11-20(12-10-19)22(37)31-14-8-16-36/h9-12H,2-8,13-18H2,1H3,(H,30,38)(H,31,37)(H,32,33,34,35). The van der Waals surface area contributed by atoms with Crippen LogP contribution in [-0.2, 0) is 6.42 Å². The van der Waals surface area contributed by atoms with Crippen molar-refractivity contribution in [1.29, 1.82) is 0 Å². The van der Waals surface area contributed by atoms with Crippen LogP contribution in [-0.4, -0.2) is 77.8 Å². The SMILES string of the molecule is CNC(=O)N1CCCCCCCCNc2nc(nc(OCC(F)(F)F)n2)Cc2ccc(cc2)C(=O)NCCC1. The third-order valence-corrected chi connectivity index (χ3v) is 6.13. The predicted octanol–water partition coefficient (Wildman–Crippen LogP) is 3.93. The molecule has 3 amide bonds. The molecule has 0 saturated carbocycles. The van der Waals surface area contributed by atoms with Crippen LogP contribution in [0.15, 0.2) is 24.3 Å². The number of aromatic nitrogens is 3. The lowest BCUT2D eigenvalue weighted by Crippen LogP contribution is -2.40. The highest BCUT2D eigenvalue weighted by atomic mass is 19.4. The van der Waals surface area contributed by atoms with Gasteiger partial charge < -0.3 is 25.6 Å². The molecule has 3 heterocycles. The number of rotatable bonds is 2. The summed E-state index contributed by atoms with van der Waals surface area (Å²) in [4.78, 5) is 38.9. The van der Waals surface area contributed by atoms with Gasteiger partial charge in [-0.1, -0.05) is 37.8 Å². The summed E-state index contributed by atoms with van der Waals surface area (Å²) >= 11 is 0. The summed E-state index contributed by atoms with van der Waals surface area (Å²) in [6, 6.07) is 6.29. The Labute approximate surface area is 226 Å². The Balaban J connectivity index is 1.71. The van der Waals surface area contributed by atoms with Gasteiger partial charge in [-0.2, -0.15) is 28.1 Å². The van der Waals surface area contributed by atoms with Crippen molar-refractivity contribution in [1.82, 2.24) is 30.5 Å². The van der Waals surface area contributed by atoms with Crippen molar-refractivity contribution in [3.63, 3.8) is 0 Å². The largest absolute Gasteiger partial charge is 0.454 e. The summed E-state index contributed by atoms with van der Waals surface area (Å²) in [5.41, 5.74) is 1.23. The fourth-order valence-electron chi connectivity index (χ4n) is 4.11. The van der Waals surface area contributed by atoms with E-state index in [1.807, 2.05) is 0 Å². The lowest BCUT2D eigenvalue weighted by molar-refractivity contribution is -0.154. The lowest BCUT2D eigenvalue weighted by atomic mass is 10.1. The Bertz CT molecular complexity index is 1070. The van der Waals surface area contributed by atoms with Gasteiger partial charge in [0.05, 0.1) is 0 Å². The van der Waals surface area contributed by atoms with Crippen LogP contribution in [0.25, 0.3) is 0 Å². The summed E-state index contributed by atoms with van der Waals surface area (Å²) in [5, 5.41) is 8.61. The molecule has 214 valence electrons. The zero-order chi connectivity index (χ0) is 28.1. The van der Waals surface area contributed by atoms with Crippen LogP contribution < -0.4 is 20.7 Å². The van der Waals surface area contributed by atoms with Gasteiger partial charge in [-0.3, -0.25) is 4.79 Å². The van der Waals surface area contributed by atoms with Crippen LogP contribution in [0.4, 0.5) is 23.9 Å². The molecule has 0 atom stereocenters. The van der Waals surface area contributed by atoms with Gasteiger partial charge >= 0.3 is 18.2 Å². The molecule has 1 aromatic carbocycles. The molecule has 1 aromatic heterocycles. The van der Waals surface area contributed by atoms with Gasteiger partial charge in [-0.25, -0.2) is 4.79 Å². The molecule has 3 N–H and O–H groups in total. The summed E-state index contributed by atoms with van der Waals surface area (Å²) in [6.45, 7) is 0.676. The Kier molecular flexibility index (Phi) is 11.6. The van der Waals surface area contributed by atoms with Crippen LogP contribution in [0.2, 0.25) is 0 Å². The number of nitrogens with one attached hydrogen (secondary N) is 3. The molecule has 39 heavy (non-hydrogen) atoms. The van der Waals surface area contributed by atoms with Crippen LogP contribution in [0.1, 0.15) is 66.7 Å². The van der Waals surface area contributed by atoms with Crippen molar-refractivity contribution in [3.05, 3.63) is 41.2 Å². The number of urea groups is 1. The first kappa shape index (κ1) is 29.9. The third-order valence-electron chi connectivity index (χ3n) is 6.13. The summed E-state index contributed by atoms with van der Waals surface area (Å²) in [6.07, 6.45) is 2.06. The first-order chi connectivity index (χ1) is 18.7. The molecule has 2 aliphatic heterocycles. The number of carbonyl (C=O) groups excluding carboxylic acids is 2. The van der Waals surface area contributed by atoms with E-state index in [9.17, 15) is 22.8 Å². The highest BCUT2D eigenvalue weighted by Crippen LogP contribution is 2.18. The molecule has 2 aromatic rings. The number of carbonyl (C=O) groups is 2. The quantitative estimate of drug-likeness (QED) is 0.517. The molecule has 0 aliphatic carbocycles. The smallest absolute Gasteiger partial charge is 0.422 e. The zero-order valence-corrected chi connectivity index (χ0v) is 22.1. The van der Waals surface area contributed by atoms with Crippen LogP contribution >= 0.6 is 0 Å². The maximum Gasteiger partial charge on any atom is 0.422 e. The van der Waals surface area contributed by atoms with Gasteiger partial charge in [0.1, 0.15) is 5.82 Å². The van der Waals surface area contributed by atoms with Crippen molar-refractivity contribution < 1.29 is 27.5 Å². The number of anilines is 1. The van der Waals surface area contributed by atoms with Crippen molar-refractivity contribution >= 4 is 17.9 Å². The Morgan fingerprint density at radius 2 is 1.62 bits per heavy atom. The van der Waals surface area contributed by atoms with E-state index in [2.05, 4.69) is 30.9 Å². The molecule has 2 aliphatic rings. The predicted molar refractivity (Wildman–Crippen MR) is 140 cm³/mol. The molecular weight excluding hydrogens is 515 g/mol. The van der Waals surface area contributed by atoms with Gasteiger partial charge in [0, 0.05) is 45.2 Å². The number of nitrogens with zero attached hydrogens (tertiary/aromatic N) is 4. The number of alkyl halides is 3. The van der Waals surface area contributed by atoms with E-state index in [4.69, 9.17) is 4.74 Å². The number of hydrogen-bond acceptors (Lipinski definition) is 7. The molecule has 4 rings (SSSR count). The second-order valence-corrected chi connectivity index (χ2v) is 9.34. The van der Waals surface area contributed by atoms with E-state index in [-0.39, 0.29) is 30.1 Å². The van der Waals surface area contributed by atoms with E-state index >= 15 is 0 Å². The Morgan fingerprint density at radius 3 is 2.33 bits per heavy atom. The lowest BCUT2D eigenvalue weighted by Gasteiger charge is -2.22. The van der Waals surface area contributed by atoms with Crippen molar-refractivity contribution in [2.24, 2.45) is 0 Å². The normalized spacial score (nSPS) is 16.6. The second kappa shape index (κ2) is 15.1. The number of benzene rings is 1. The molecule has 0 radical (unpaired) electrons. The van der Waals surface area contributed by atoms with Crippen LogP contribution in [0.5, 0.6) is 6.01 Å². The minimum atomic E-state index is -4.52. The first-order valence-electron chi connectivity index (χ1n) is 13.3. The topological polar surface area (TPSA) is 121 Å². The minimum Gasteiger partial charge on any atom is -0.454 e. The zero-order valence-electron chi connectivity index (χ0n) is 22.1. The van der Waals surface area contributed by atoms with E-state index in [0.717, 1.165) is 44.1 Å². The van der Waals surface area contributed by atoms with Gasteiger partial charge in [0.25, 0.3) is 5.91 Å². The fourth-order valence-corrected chi connectivity index (χ4v) is 4.11. The average molecular weight is 552 g/mol. The van der Waals surface area contributed by atoms with E-state index < -0.39 is 18.8 Å². The second-order valence-electron chi connectivity index (χ2n) is 9.34. The average Bonchev–Trinajstić information content (AvgIpc) is 2.91. The molecule has 0 spiro atoms. The highest BCUT2D eigenvalue weighted by Gasteiger charge is 2.29. The number of fused-ring (bicyclic) bond motifs is 16. The van der Waals surface area contributed by atoms with Crippen LogP contribution in [0.3, 0.4) is 0 Å². The molecule has 0 unspecified atom stereocenters. The number of halogens is 3. The highest BCUT2D eigenvalue weighted by molar-refractivity contribution is 5.94. The van der Waals surface area contributed by atoms with Gasteiger partial charge in [-0.15, -0.1) is 0 Å². The first-order valence-corrected chi connectivity index (χ1v) is 13.3. The minimum absolute atomic E-state index is 0.124. The molecule has 13 heteroatoms. The fraction of sp³-hybridized carbons (Fsp3) is 0.577. The molecule has 0 fully saturated rings. The van der Waals surface area contributed by atoms with E-state index in [1.54, 1.807) is 36.2 Å². The third kappa shape index (κ3) is 10.9. The van der Waals surface area contributed by atoms with E-state index in [1.165, 1.54) is 0 Å². The van der Waals surface area contributed by atoms with Crippen molar-refractivity contribution in [2.75, 3.05) is 45.2 Å². The van der Waals surface area contributed by atoms with E-state index in [0.29, 0.717) is 38.2 Å². The van der Waals surface area contributed by atoms with Crippen molar-refractivity contribution in [2.45, 2.75) is 57.5 Å².